The molecule has 0 saturated carbocycles. The SMILES string of the molecule is CCOP(=O)(CC(=O)OCCCc1ccc(OCc2ccccc2)c(OCc2ccccc2)c1)OCC. The Balaban J connectivity index is 1.57. The third kappa shape index (κ3) is 10.0. The van der Waals surface area contributed by atoms with Crippen LogP contribution < -0.4 is 9.47 Å². The summed E-state index contributed by atoms with van der Waals surface area (Å²) in [6.07, 6.45) is 0.879. The van der Waals surface area contributed by atoms with Gasteiger partial charge in [0.2, 0.25) is 0 Å². The number of hydrogen-bond acceptors (Lipinski definition) is 7. The summed E-state index contributed by atoms with van der Waals surface area (Å²) < 4.78 is 40.3. The van der Waals surface area contributed by atoms with E-state index in [4.69, 9.17) is 23.3 Å². The van der Waals surface area contributed by atoms with Crippen molar-refractivity contribution in [1.82, 2.24) is 0 Å². The third-order valence-electron chi connectivity index (χ3n) is 5.33. The summed E-state index contributed by atoms with van der Waals surface area (Å²) in [6.45, 7) is 4.85. The maximum atomic E-state index is 12.5. The molecule has 8 heteroatoms. The summed E-state index contributed by atoms with van der Waals surface area (Å²) in [5.41, 5.74) is 3.16. The van der Waals surface area contributed by atoms with Crippen molar-refractivity contribution in [2.24, 2.45) is 0 Å². The van der Waals surface area contributed by atoms with Crippen molar-refractivity contribution in [3.63, 3.8) is 0 Å². The summed E-state index contributed by atoms with van der Waals surface area (Å²) in [4.78, 5) is 12.1. The zero-order valence-corrected chi connectivity index (χ0v) is 22.4. The number of benzene rings is 3. The standard InChI is InChI=1S/C29H35O7P/c1-3-35-37(31,36-4-2)23-29(30)32-19-11-16-24-17-18-27(33-21-25-12-7-5-8-13-25)28(20-24)34-22-26-14-9-6-10-15-26/h5-10,12-15,17-18,20H,3-4,11,16,19,21-23H2,1-2H3. The van der Waals surface area contributed by atoms with Crippen LogP contribution in [0, 0.1) is 0 Å². The number of carbonyl (C=O) groups is 1. The van der Waals surface area contributed by atoms with Gasteiger partial charge in [-0.1, -0.05) is 66.7 Å². The minimum atomic E-state index is -3.46. The van der Waals surface area contributed by atoms with Gasteiger partial charge in [0.25, 0.3) is 0 Å². The molecule has 0 saturated heterocycles. The molecule has 198 valence electrons. The molecule has 0 fully saturated rings. The third-order valence-corrected chi connectivity index (χ3v) is 7.28. The summed E-state index contributed by atoms with van der Waals surface area (Å²) in [7, 11) is -3.46. The van der Waals surface area contributed by atoms with Crippen LogP contribution >= 0.6 is 7.60 Å². The second-order valence-electron chi connectivity index (χ2n) is 8.26. The minimum absolute atomic E-state index is 0.198. The topological polar surface area (TPSA) is 80.3 Å². The second kappa shape index (κ2) is 15.2. The van der Waals surface area contributed by atoms with E-state index in [1.54, 1.807) is 13.8 Å². The predicted molar refractivity (Wildman–Crippen MR) is 143 cm³/mol. The fourth-order valence-corrected chi connectivity index (χ4v) is 5.05. The largest absolute Gasteiger partial charge is 0.485 e. The van der Waals surface area contributed by atoms with E-state index in [2.05, 4.69) is 0 Å². The van der Waals surface area contributed by atoms with E-state index < -0.39 is 13.6 Å². The van der Waals surface area contributed by atoms with Gasteiger partial charge in [-0.3, -0.25) is 9.36 Å². The molecule has 0 unspecified atom stereocenters. The van der Waals surface area contributed by atoms with Crippen molar-refractivity contribution in [2.75, 3.05) is 26.0 Å². The molecule has 0 N–H and O–H groups in total. The molecular weight excluding hydrogens is 491 g/mol. The second-order valence-corrected chi connectivity index (χ2v) is 10.3. The lowest BCUT2D eigenvalue weighted by molar-refractivity contribution is -0.140. The molecule has 0 spiro atoms. The quantitative estimate of drug-likeness (QED) is 0.118. The molecule has 0 aliphatic rings. The van der Waals surface area contributed by atoms with Gasteiger partial charge in [-0.2, -0.15) is 0 Å². The van der Waals surface area contributed by atoms with Crippen LogP contribution in [0.15, 0.2) is 78.9 Å². The molecule has 37 heavy (non-hydrogen) atoms. The molecule has 7 nitrogen and oxygen atoms in total. The van der Waals surface area contributed by atoms with E-state index in [1.165, 1.54) is 0 Å². The molecule has 0 aromatic heterocycles. The molecule has 0 heterocycles. The number of aryl methyl sites for hydroxylation is 1. The maximum Gasteiger partial charge on any atom is 0.341 e. The van der Waals surface area contributed by atoms with Crippen LogP contribution in [0.3, 0.4) is 0 Å². The monoisotopic (exact) mass is 526 g/mol. The Bertz CT molecular complexity index is 1130. The highest BCUT2D eigenvalue weighted by Crippen LogP contribution is 2.47. The fraction of sp³-hybridized carbons (Fsp3) is 0.345. The van der Waals surface area contributed by atoms with Gasteiger partial charge in [-0.25, -0.2) is 0 Å². The molecule has 0 atom stereocenters. The van der Waals surface area contributed by atoms with Crippen molar-refractivity contribution in [1.29, 1.82) is 0 Å². The van der Waals surface area contributed by atoms with Gasteiger partial charge in [-0.05, 0) is 55.5 Å². The average molecular weight is 527 g/mol. The summed E-state index contributed by atoms with van der Waals surface area (Å²) in [5, 5.41) is 0. The Morgan fingerprint density at radius 3 is 1.86 bits per heavy atom. The van der Waals surface area contributed by atoms with E-state index in [1.807, 2.05) is 78.9 Å². The molecule has 0 aliphatic heterocycles. The molecular formula is C29H35O7P. The number of hydrogen-bond donors (Lipinski definition) is 0. The molecule has 3 aromatic rings. The first-order valence-corrected chi connectivity index (χ1v) is 14.2. The Labute approximate surface area is 219 Å². The van der Waals surface area contributed by atoms with E-state index in [-0.39, 0.29) is 26.0 Å². The van der Waals surface area contributed by atoms with Crippen molar-refractivity contribution in [3.05, 3.63) is 95.6 Å². The lowest BCUT2D eigenvalue weighted by Gasteiger charge is -2.16. The number of ether oxygens (including phenoxy) is 3. The number of rotatable bonds is 16. The fourth-order valence-electron chi connectivity index (χ4n) is 3.60. The first-order valence-electron chi connectivity index (χ1n) is 12.5. The molecule has 0 radical (unpaired) electrons. The van der Waals surface area contributed by atoms with Crippen LogP contribution in [-0.4, -0.2) is 32.0 Å². The molecule has 0 amide bonds. The summed E-state index contributed by atoms with van der Waals surface area (Å²) in [5.74, 6) is 0.725. The smallest absolute Gasteiger partial charge is 0.341 e. The molecule has 3 aromatic carbocycles. The normalized spacial score (nSPS) is 11.2. The van der Waals surface area contributed by atoms with Gasteiger partial charge in [0.1, 0.15) is 19.4 Å². The van der Waals surface area contributed by atoms with Gasteiger partial charge in [0, 0.05) is 0 Å². The van der Waals surface area contributed by atoms with Gasteiger partial charge >= 0.3 is 13.6 Å². The summed E-state index contributed by atoms with van der Waals surface area (Å²) >= 11 is 0. The van der Waals surface area contributed by atoms with Gasteiger partial charge < -0.3 is 23.3 Å². The summed E-state index contributed by atoms with van der Waals surface area (Å²) in [6, 6.07) is 25.8. The van der Waals surface area contributed by atoms with Crippen molar-refractivity contribution in [3.8, 4) is 11.5 Å². The predicted octanol–water partition coefficient (Wildman–Crippen LogP) is 6.59. The van der Waals surface area contributed by atoms with Crippen LogP contribution in [0.25, 0.3) is 0 Å². The zero-order valence-electron chi connectivity index (χ0n) is 21.5. The van der Waals surface area contributed by atoms with E-state index in [9.17, 15) is 9.36 Å². The van der Waals surface area contributed by atoms with E-state index in [0.29, 0.717) is 37.6 Å². The Morgan fingerprint density at radius 1 is 0.730 bits per heavy atom. The van der Waals surface area contributed by atoms with Gasteiger partial charge in [0.05, 0.1) is 19.8 Å². The van der Waals surface area contributed by atoms with Crippen molar-refractivity contribution < 1.29 is 32.6 Å². The number of esters is 1. The van der Waals surface area contributed by atoms with E-state index >= 15 is 0 Å². The Kier molecular flexibility index (Phi) is 11.7. The van der Waals surface area contributed by atoms with Crippen LogP contribution in [-0.2, 0) is 42.8 Å². The average Bonchev–Trinajstić information content (AvgIpc) is 2.90. The molecule has 3 rings (SSSR count). The van der Waals surface area contributed by atoms with Crippen LogP contribution in [0.1, 0.15) is 37.0 Å². The van der Waals surface area contributed by atoms with Gasteiger partial charge in [-0.15, -0.1) is 0 Å². The van der Waals surface area contributed by atoms with Crippen LogP contribution in [0.4, 0.5) is 0 Å². The Hall–Kier alpha value is -3.12. The van der Waals surface area contributed by atoms with Crippen LogP contribution in [0.2, 0.25) is 0 Å². The minimum Gasteiger partial charge on any atom is -0.485 e. The van der Waals surface area contributed by atoms with Crippen molar-refractivity contribution in [2.45, 2.75) is 39.9 Å². The highest BCUT2D eigenvalue weighted by Gasteiger charge is 2.28. The maximum absolute atomic E-state index is 12.5. The van der Waals surface area contributed by atoms with Crippen molar-refractivity contribution >= 4 is 13.6 Å². The lowest BCUT2D eigenvalue weighted by Crippen LogP contribution is -2.14. The highest BCUT2D eigenvalue weighted by atomic mass is 31.2. The zero-order chi connectivity index (χ0) is 26.3. The lowest BCUT2D eigenvalue weighted by atomic mass is 10.1. The highest BCUT2D eigenvalue weighted by molar-refractivity contribution is 7.54. The van der Waals surface area contributed by atoms with Gasteiger partial charge in [0.15, 0.2) is 11.5 Å². The van der Waals surface area contributed by atoms with E-state index in [0.717, 1.165) is 16.7 Å². The number of carbonyl (C=O) groups excluding carboxylic acids is 1. The first-order chi connectivity index (χ1) is 18.0. The molecule has 0 bridgehead atoms. The Morgan fingerprint density at radius 2 is 1.30 bits per heavy atom. The van der Waals surface area contributed by atoms with Crippen LogP contribution in [0.5, 0.6) is 11.5 Å². The first kappa shape index (κ1) is 28.5. The molecule has 0 aliphatic carbocycles.